The highest BCUT2D eigenvalue weighted by Crippen LogP contribution is 2.49. The van der Waals surface area contributed by atoms with Gasteiger partial charge in [0.2, 0.25) is 5.91 Å². The number of nitrogens with zero attached hydrogens (tertiary/aromatic N) is 1. The zero-order chi connectivity index (χ0) is 11.8. The van der Waals surface area contributed by atoms with Gasteiger partial charge >= 0.3 is 0 Å². The number of amides is 1. The molecule has 0 aromatic rings. The second-order valence-electron chi connectivity index (χ2n) is 6.25. The third-order valence-electron chi connectivity index (χ3n) is 5.27. The van der Waals surface area contributed by atoms with Gasteiger partial charge in [-0.2, -0.15) is 0 Å². The molecular weight excluding hydrogens is 212 g/mol. The fraction of sp³-hybridized carbons (Fsp3) is 0.929. The smallest absolute Gasteiger partial charge is 0.222 e. The van der Waals surface area contributed by atoms with E-state index < -0.39 is 0 Å². The highest BCUT2D eigenvalue weighted by Gasteiger charge is 2.41. The number of fused-ring (bicyclic) bond motifs is 2. The van der Waals surface area contributed by atoms with Crippen LogP contribution in [0.2, 0.25) is 0 Å². The molecule has 0 aromatic heterocycles. The number of nitrogens with one attached hydrogen (secondary N) is 1. The van der Waals surface area contributed by atoms with Crippen LogP contribution < -0.4 is 5.32 Å². The Labute approximate surface area is 104 Å². The van der Waals surface area contributed by atoms with Gasteiger partial charge in [0.1, 0.15) is 0 Å². The van der Waals surface area contributed by atoms with Crippen LogP contribution in [0.25, 0.3) is 0 Å². The predicted molar refractivity (Wildman–Crippen MR) is 67.6 cm³/mol. The molecule has 3 aliphatic rings. The number of rotatable bonds is 3. The van der Waals surface area contributed by atoms with Crippen molar-refractivity contribution in [3.8, 4) is 0 Å². The van der Waals surface area contributed by atoms with Crippen LogP contribution >= 0.6 is 0 Å². The molecule has 2 aliphatic carbocycles. The van der Waals surface area contributed by atoms with E-state index in [0.717, 1.165) is 43.7 Å². The SMILES string of the molecule is CNC1CCN(C(=O)CC2CC3CCC2C3)C1. The summed E-state index contributed by atoms with van der Waals surface area (Å²) in [5.41, 5.74) is 0. The van der Waals surface area contributed by atoms with E-state index in [1.165, 1.54) is 25.7 Å². The maximum atomic E-state index is 12.2. The third-order valence-corrected chi connectivity index (χ3v) is 5.27. The Bertz CT molecular complexity index is 305. The lowest BCUT2D eigenvalue weighted by Gasteiger charge is -2.24. The van der Waals surface area contributed by atoms with Gasteiger partial charge < -0.3 is 10.2 Å². The van der Waals surface area contributed by atoms with Crippen molar-refractivity contribution in [2.24, 2.45) is 17.8 Å². The van der Waals surface area contributed by atoms with E-state index in [1.54, 1.807) is 0 Å². The van der Waals surface area contributed by atoms with Gasteiger partial charge in [0.15, 0.2) is 0 Å². The maximum Gasteiger partial charge on any atom is 0.222 e. The first-order valence-electron chi connectivity index (χ1n) is 7.21. The number of hydrogen-bond acceptors (Lipinski definition) is 2. The largest absolute Gasteiger partial charge is 0.341 e. The van der Waals surface area contributed by atoms with Crippen LogP contribution in [0, 0.1) is 17.8 Å². The average Bonchev–Trinajstić information content (AvgIpc) is 3.04. The molecule has 4 atom stereocenters. The summed E-state index contributed by atoms with van der Waals surface area (Å²) in [6.45, 7) is 1.89. The lowest BCUT2D eigenvalue weighted by Crippen LogP contribution is -2.34. The summed E-state index contributed by atoms with van der Waals surface area (Å²) >= 11 is 0. The minimum Gasteiger partial charge on any atom is -0.341 e. The molecule has 1 N–H and O–H groups in total. The Kier molecular flexibility index (Phi) is 3.12. The Hall–Kier alpha value is -0.570. The summed E-state index contributed by atoms with van der Waals surface area (Å²) in [5.74, 6) is 2.98. The summed E-state index contributed by atoms with van der Waals surface area (Å²) in [4.78, 5) is 14.3. The number of carbonyl (C=O) groups is 1. The van der Waals surface area contributed by atoms with Gasteiger partial charge in [0.25, 0.3) is 0 Å². The molecule has 96 valence electrons. The van der Waals surface area contributed by atoms with Crippen LogP contribution in [0.4, 0.5) is 0 Å². The summed E-state index contributed by atoms with van der Waals surface area (Å²) < 4.78 is 0. The van der Waals surface area contributed by atoms with E-state index in [1.807, 2.05) is 7.05 Å². The molecule has 0 radical (unpaired) electrons. The Morgan fingerprint density at radius 3 is 2.76 bits per heavy atom. The van der Waals surface area contributed by atoms with Gasteiger partial charge in [-0.25, -0.2) is 0 Å². The quantitative estimate of drug-likeness (QED) is 0.808. The van der Waals surface area contributed by atoms with Crippen molar-refractivity contribution in [3.05, 3.63) is 0 Å². The van der Waals surface area contributed by atoms with E-state index in [-0.39, 0.29) is 0 Å². The molecule has 1 amide bonds. The lowest BCUT2D eigenvalue weighted by atomic mass is 9.86. The molecule has 3 fully saturated rings. The van der Waals surface area contributed by atoms with Gasteiger partial charge in [0, 0.05) is 25.6 Å². The zero-order valence-electron chi connectivity index (χ0n) is 10.8. The first kappa shape index (κ1) is 11.5. The Morgan fingerprint density at radius 2 is 2.18 bits per heavy atom. The molecule has 17 heavy (non-hydrogen) atoms. The maximum absolute atomic E-state index is 12.2. The first-order chi connectivity index (χ1) is 8.26. The highest BCUT2D eigenvalue weighted by atomic mass is 16.2. The molecule has 2 saturated carbocycles. The predicted octanol–water partition coefficient (Wildman–Crippen LogP) is 1.63. The van der Waals surface area contributed by atoms with E-state index in [9.17, 15) is 4.79 Å². The molecule has 1 aliphatic heterocycles. The van der Waals surface area contributed by atoms with Crippen LogP contribution in [0.5, 0.6) is 0 Å². The second kappa shape index (κ2) is 4.60. The Morgan fingerprint density at radius 1 is 1.29 bits per heavy atom. The summed E-state index contributed by atoms with van der Waals surface area (Å²) in [6, 6.07) is 0.527. The lowest BCUT2D eigenvalue weighted by molar-refractivity contribution is -0.131. The summed E-state index contributed by atoms with van der Waals surface area (Å²) in [6.07, 6.45) is 7.52. The molecular formula is C14H24N2O. The monoisotopic (exact) mass is 236 g/mol. The van der Waals surface area contributed by atoms with Crippen molar-refractivity contribution < 1.29 is 4.79 Å². The normalized spacial score (nSPS) is 40.2. The van der Waals surface area contributed by atoms with Crippen LogP contribution in [0.3, 0.4) is 0 Å². The molecule has 3 rings (SSSR count). The minimum absolute atomic E-state index is 0.417. The van der Waals surface area contributed by atoms with Crippen molar-refractivity contribution in [1.82, 2.24) is 10.2 Å². The highest BCUT2D eigenvalue weighted by molar-refractivity contribution is 5.76. The summed E-state index contributed by atoms with van der Waals surface area (Å²) in [5, 5.41) is 3.28. The van der Waals surface area contributed by atoms with Gasteiger partial charge in [0.05, 0.1) is 0 Å². The zero-order valence-corrected chi connectivity index (χ0v) is 10.8. The van der Waals surface area contributed by atoms with Gasteiger partial charge in [-0.15, -0.1) is 0 Å². The molecule has 0 aromatic carbocycles. The molecule has 4 unspecified atom stereocenters. The van der Waals surface area contributed by atoms with Crippen LogP contribution in [-0.2, 0) is 4.79 Å². The number of likely N-dealkylation sites (N-methyl/N-ethyl adjacent to an activating group) is 1. The number of hydrogen-bond donors (Lipinski definition) is 1. The topological polar surface area (TPSA) is 32.3 Å². The van der Waals surface area contributed by atoms with Crippen LogP contribution in [0.15, 0.2) is 0 Å². The van der Waals surface area contributed by atoms with Crippen molar-refractivity contribution in [3.63, 3.8) is 0 Å². The molecule has 1 saturated heterocycles. The summed E-state index contributed by atoms with van der Waals surface area (Å²) in [7, 11) is 1.99. The molecule has 3 nitrogen and oxygen atoms in total. The van der Waals surface area contributed by atoms with E-state index >= 15 is 0 Å². The average molecular weight is 236 g/mol. The molecule has 0 spiro atoms. The molecule has 1 heterocycles. The third kappa shape index (κ3) is 2.22. The van der Waals surface area contributed by atoms with E-state index in [4.69, 9.17) is 0 Å². The number of carbonyl (C=O) groups excluding carboxylic acids is 1. The van der Waals surface area contributed by atoms with E-state index in [2.05, 4.69) is 10.2 Å². The van der Waals surface area contributed by atoms with Gasteiger partial charge in [-0.3, -0.25) is 4.79 Å². The van der Waals surface area contributed by atoms with Crippen molar-refractivity contribution in [1.29, 1.82) is 0 Å². The fourth-order valence-corrected chi connectivity index (χ4v) is 4.20. The molecule has 3 heteroatoms. The molecule has 2 bridgehead atoms. The van der Waals surface area contributed by atoms with Gasteiger partial charge in [-0.05, 0) is 50.5 Å². The Balaban J connectivity index is 1.51. The van der Waals surface area contributed by atoms with Gasteiger partial charge in [-0.1, -0.05) is 6.42 Å². The first-order valence-corrected chi connectivity index (χ1v) is 7.21. The van der Waals surface area contributed by atoms with Crippen molar-refractivity contribution in [2.75, 3.05) is 20.1 Å². The fourth-order valence-electron chi connectivity index (χ4n) is 4.20. The van der Waals surface area contributed by atoms with E-state index in [0.29, 0.717) is 11.9 Å². The van der Waals surface area contributed by atoms with Crippen molar-refractivity contribution >= 4 is 5.91 Å². The minimum atomic E-state index is 0.417. The standard InChI is InChI=1S/C14H24N2O/c1-15-13-4-5-16(9-13)14(17)8-12-7-10-2-3-11(12)6-10/h10-13,15H,2-9H2,1H3. The van der Waals surface area contributed by atoms with Crippen LogP contribution in [-0.4, -0.2) is 37.0 Å². The van der Waals surface area contributed by atoms with Crippen LogP contribution in [0.1, 0.15) is 38.5 Å². The van der Waals surface area contributed by atoms with Crippen molar-refractivity contribution in [2.45, 2.75) is 44.6 Å². The number of likely N-dealkylation sites (tertiary alicyclic amines) is 1. The second-order valence-corrected chi connectivity index (χ2v) is 6.25.